The normalized spacial score (nSPS) is 12.9. The van der Waals surface area contributed by atoms with Gasteiger partial charge >= 0.3 is 0 Å². The van der Waals surface area contributed by atoms with Gasteiger partial charge in [-0.3, -0.25) is 0 Å². The highest BCUT2D eigenvalue weighted by Gasteiger charge is 2.09. The van der Waals surface area contributed by atoms with Crippen molar-refractivity contribution in [2.45, 2.75) is 12.5 Å². The van der Waals surface area contributed by atoms with Gasteiger partial charge < -0.3 is 5.11 Å². The first kappa shape index (κ1) is 11.5. The van der Waals surface area contributed by atoms with E-state index in [2.05, 4.69) is 24.5 Å². The van der Waals surface area contributed by atoms with E-state index in [9.17, 15) is 5.11 Å². The Morgan fingerprint density at radius 2 is 1.88 bits per heavy atom. The molecule has 2 rings (SSSR count). The van der Waals surface area contributed by atoms with Crippen molar-refractivity contribution < 1.29 is 5.11 Å². The maximum absolute atomic E-state index is 10.1. The first-order valence-corrected chi connectivity index (χ1v) is 6.87. The molecule has 0 aliphatic carbocycles. The van der Waals surface area contributed by atoms with E-state index in [4.69, 9.17) is 0 Å². The average Bonchev–Trinajstić information content (AvgIpc) is 2.35. The van der Waals surface area contributed by atoms with Crippen molar-refractivity contribution in [3.8, 4) is 0 Å². The van der Waals surface area contributed by atoms with Crippen molar-refractivity contribution in [1.82, 2.24) is 0 Å². The highest BCUT2D eigenvalue weighted by molar-refractivity contribution is 7.98. The molecule has 0 bridgehead atoms. The van der Waals surface area contributed by atoms with Gasteiger partial charge in [-0.15, -0.1) is 0 Å². The summed E-state index contributed by atoms with van der Waals surface area (Å²) in [5.41, 5.74) is 1.05. The van der Waals surface area contributed by atoms with Crippen molar-refractivity contribution in [1.29, 1.82) is 0 Å². The summed E-state index contributed by atoms with van der Waals surface area (Å²) in [4.78, 5) is 0. The molecule has 0 spiro atoms. The second kappa shape index (κ2) is 5.37. The largest absolute Gasteiger partial charge is 0.388 e. The van der Waals surface area contributed by atoms with Gasteiger partial charge in [0.15, 0.2) is 0 Å². The molecule has 0 radical (unpaired) electrons. The zero-order valence-electron chi connectivity index (χ0n) is 9.39. The highest BCUT2D eigenvalue weighted by atomic mass is 32.2. The van der Waals surface area contributed by atoms with E-state index in [1.807, 2.05) is 24.3 Å². The van der Waals surface area contributed by atoms with Crippen molar-refractivity contribution in [3.05, 3.63) is 48.0 Å². The lowest BCUT2D eigenvalue weighted by molar-refractivity contribution is 0.176. The molecule has 0 aromatic heterocycles. The quantitative estimate of drug-likeness (QED) is 0.868. The van der Waals surface area contributed by atoms with Crippen LogP contribution in [-0.2, 0) is 0 Å². The molecule has 0 amide bonds. The Labute approximate surface area is 100 Å². The Kier molecular flexibility index (Phi) is 3.86. The fourth-order valence-corrected chi connectivity index (χ4v) is 2.38. The smallest absolute Gasteiger partial charge is 0.0803 e. The Morgan fingerprint density at radius 1 is 1.12 bits per heavy atom. The number of hydrogen-bond donors (Lipinski definition) is 1. The second-order valence-corrected chi connectivity index (χ2v) is 4.85. The van der Waals surface area contributed by atoms with Crippen LogP contribution in [-0.4, -0.2) is 17.1 Å². The molecule has 0 aliphatic rings. The third-order valence-electron chi connectivity index (χ3n) is 2.78. The maximum atomic E-state index is 10.1. The molecule has 0 fully saturated rings. The summed E-state index contributed by atoms with van der Waals surface area (Å²) >= 11 is 1.77. The average molecular weight is 232 g/mol. The number of benzene rings is 2. The first-order valence-electron chi connectivity index (χ1n) is 5.47. The molecule has 0 heterocycles. The van der Waals surface area contributed by atoms with Crippen molar-refractivity contribution >= 4 is 22.5 Å². The molecular formula is C14H16OS. The SMILES string of the molecule is CSCCC(O)c1cccc2ccccc12. The maximum Gasteiger partial charge on any atom is 0.0803 e. The van der Waals surface area contributed by atoms with Crippen LogP contribution in [0.2, 0.25) is 0 Å². The fourth-order valence-electron chi connectivity index (χ4n) is 1.93. The summed E-state index contributed by atoms with van der Waals surface area (Å²) in [7, 11) is 0. The lowest BCUT2D eigenvalue weighted by Gasteiger charge is -2.13. The van der Waals surface area contributed by atoms with Gasteiger partial charge in [-0.05, 0) is 34.8 Å². The number of aliphatic hydroxyl groups excluding tert-OH is 1. The Balaban J connectivity index is 2.36. The Morgan fingerprint density at radius 3 is 2.69 bits per heavy atom. The predicted octanol–water partition coefficient (Wildman–Crippen LogP) is 3.63. The fraction of sp³-hybridized carbons (Fsp3) is 0.286. The van der Waals surface area contributed by atoms with E-state index >= 15 is 0 Å². The zero-order chi connectivity index (χ0) is 11.4. The van der Waals surface area contributed by atoms with E-state index in [-0.39, 0.29) is 6.10 Å². The third kappa shape index (κ3) is 2.39. The van der Waals surface area contributed by atoms with E-state index in [1.165, 1.54) is 10.8 Å². The van der Waals surface area contributed by atoms with Crippen LogP contribution < -0.4 is 0 Å². The van der Waals surface area contributed by atoms with Crippen LogP contribution in [0, 0.1) is 0 Å². The standard InChI is InChI=1S/C14H16OS/c1-16-10-9-14(15)13-8-4-6-11-5-2-3-7-12(11)13/h2-8,14-15H,9-10H2,1H3. The molecule has 0 saturated carbocycles. The molecule has 2 heteroatoms. The molecule has 16 heavy (non-hydrogen) atoms. The van der Waals surface area contributed by atoms with E-state index in [0.717, 1.165) is 17.7 Å². The number of thioether (sulfide) groups is 1. The summed E-state index contributed by atoms with van der Waals surface area (Å²) in [6, 6.07) is 14.3. The van der Waals surface area contributed by atoms with Gasteiger partial charge in [-0.1, -0.05) is 42.5 Å². The van der Waals surface area contributed by atoms with Gasteiger partial charge in [0.05, 0.1) is 6.10 Å². The molecule has 0 aliphatic heterocycles. The lowest BCUT2D eigenvalue weighted by Crippen LogP contribution is -1.99. The molecule has 0 saturated heterocycles. The minimum atomic E-state index is -0.349. The molecule has 2 aromatic carbocycles. The monoisotopic (exact) mass is 232 g/mol. The zero-order valence-corrected chi connectivity index (χ0v) is 10.2. The number of rotatable bonds is 4. The van der Waals surface area contributed by atoms with Gasteiger partial charge in [0.1, 0.15) is 0 Å². The van der Waals surface area contributed by atoms with Crippen LogP contribution in [0.5, 0.6) is 0 Å². The minimum absolute atomic E-state index is 0.349. The van der Waals surface area contributed by atoms with Gasteiger partial charge in [-0.2, -0.15) is 11.8 Å². The van der Waals surface area contributed by atoms with Gasteiger partial charge in [0.25, 0.3) is 0 Å². The van der Waals surface area contributed by atoms with E-state index in [1.54, 1.807) is 11.8 Å². The van der Waals surface area contributed by atoms with Crippen LogP contribution in [0.15, 0.2) is 42.5 Å². The second-order valence-electron chi connectivity index (χ2n) is 3.87. The van der Waals surface area contributed by atoms with Crippen LogP contribution >= 0.6 is 11.8 Å². The van der Waals surface area contributed by atoms with Crippen LogP contribution in [0.1, 0.15) is 18.1 Å². The van der Waals surface area contributed by atoms with Crippen LogP contribution in [0.4, 0.5) is 0 Å². The molecular weight excluding hydrogens is 216 g/mol. The number of aliphatic hydroxyl groups is 1. The number of hydrogen-bond acceptors (Lipinski definition) is 2. The van der Waals surface area contributed by atoms with Gasteiger partial charge in [-0.25, -0.2) is 0 Å². The Hall–Kier alpha value is -0.990. The van der Waals surface area contributed by atoms with Crippen molar-refractivity contribution in [3.63, 3.8) is 0 Å². The summed E-state index contributed by atoms with van der Waals surface area (Å²) in [6.07, 6.45) is 2.53. The predicted molar refractivity (Wildman–Crippen MR) is 71.9 cm³/mol. The first-order chi connectivity index (χ1) is 7.83. The minimum Gasteiger partial charge on any atom is -0.388 e. The summed E-state index contributed by atoms with van der Waals surface area (Å²) in [5, 5.41) is 12.5. The van der Waals surface area contributed by atoms with Crippen LogP contribution in [0.25, 0.3) is 10.8 Å². The molecule has 1 N–H and O–H groups in total. The van der Waals surface area contributed by atoms with Crippen molar-refractivity contribution in [2.24, 2.45) is 0 Å². The molecule has 1 atom stereocenters. The topological polar surface area (TPSA) is 20.2 Å². The third-order valence-corrected chi connectivity index (χ3v) is 3.42. The molecule has 1 unspecified atom stereocenters. The summed E-state index contributed by atoms with van der Waals surface area (Å²) in [5.74, 6) is 0.990. The summed E-state index contributed by atoms with van der Waals surface area (Å²) in [6.45, 7) is 0. The van der Waals surface area contributed by atoms with Crippen LogP contribution in [0.3, 0.4) is 0 Å². The van der Waals surface area contributed by atoms with Gasteiger partial charge in [0, 0.05) is 0 Å². The molecule has 2 aromatic rings. The highest BCUT2D eigenvalue weighted by Crippen LogP contribution is 2.26. The molecule has 84 valence electrons. The van der Waals surface area contributed by atoms with E-state index < -0.39 is 0 Å². The van der Waals surface area contributed by atoms with E-state index in [0.29, 0.717) is 0 Å². The number of fused-ring (bicyclic) bond motifs is 1. The van der Waals surface area contributed by atoms with Crippen molar-refractivity contribution in [2.75, 3.05) is 12.0 Å². The summed E-state index contributed by atoms with van der Waals surface area (Å²) < 4.78 is 0. The lowest BCUT2D eigenvalue weighted by atomic mass is 9.99. The Bertz CT molecular complexity index is 462. The molecule has 1 nitrogen and oxygen atoms in total. The van der Waals surface area contributed by atoms with Gasteiger partial charge in [0.2, 0.25) is 0 Å².